The smallest absolute Gasteiger partial charge is 0.259 e. The van der Waals surface area contributed by atoms with E-state index >= 15 is 0 Å². The summed E-state index contributed by atoms with van der Waals surface area (Å²) in [6.07, 6.45) is 3.30. The lowest BCUT2D eigenvalue weighted by Gasteiger charge is -2.09. The molecule has 4 rings (SSSR count). The van der Waals surface area contributed by atoms with Crippen molar-refractivity contribution < 1.29 is 4.79 Å². The number of fused-ring (bicyclic) bond motifs is 1. The predicted octanol–water partition coefficient (Wildman–Crippen LogP) is 4.63. The second kappa shape index (κ2) is 6.61. The van der Waals surface area contributed by atoms with Crippen molar-refractivity contribution in [3.05, 3.63) is 83.3 Å². The van der Waals surface area contributed by atoms with Crippen LogP contribution in [0.25, 0.3) is 16.6 Å². The number of carbonyl (C=O) groups is 1. The number of benzene rings is 2. The molecule has 0 spiro atoms. The molecular weight excluding hydrogens is 348 g/mol. The number of halogens is 1. The van der Waals surface area contributed by atoms with Crippen molar-refractivity contribution in [2.75, 3.05) is 5.32 Å². The standard InChI is InChI=1S/C20H15ClN4O/c1-13-17(12-23-25(13)15-9-7-14(21)8-10-15)20(26)24-19-6-2-5-18-16(19)4-3-11-22-18/h2-12H,1H3,(H,24,26). The Morgan fingerprint density at radius 2 is 1.88 bits per heavy atom. The van der Waals surface area contributed by atoms with Gasteiger partial charge in [-0.1, -0.05) is 17.7 Å². The highest BCUT2D eigenvalue weighted by atomic mass is 35.5. The number of amides is 1. The number of nitrogens with zero attached hydrogens (tertiary/aromatic N) is 3. The van der Waals surface area contributed by atoms with Crippen LogP contribution >= 0.6 is 11.6 Å². The summed E-state index contributed by atoms with van der Waals surface area (Å²) in [5.74, 6) is -0.209. The van der Waals surface area contributed by atoms with Crippen LogP contribution in [0.5, 0.6) is 0 Å². The monoisotopic (exact) mass is 362 g/mol. The summed E-state index contributed by atoms with van der Waals surface area (Å²) in [6, 6.07) is 16.7. The van der Waals surface area contributed by atoms with Crippen LogP contribution in [0.4, 0.5) is 5.69 Å². The van der Waals surface area contributed by atoms with E-state index < -0.39 is 0 Å². The molecule has 0 atom stereocenters. The molecule has 0 bridgehead atoms. The zero-order chi connectivity index (χ0) is 18.1. The molecule has 2 aromatic heterocycles. The first-order valence-corrected chi connectivity index (χ1v) is 8.47. The Balaban J connectivity index is 1.66. The Morgan fingerprint density at radius 1 is 1.08 bits per heavy atom. The van der Waals surface area contributed by atoms with Gasteiger partial charge in [0.25, 0.3) is 5.91 Å². The van der Waals surface area contributed by atoms with E-state index in [2.05, 4.69) is 15.4 Å². The van der Waals surface area contributed by atoms with E-state index in [1.807, 2.05) is 49.4 Å². The second-order valence-corrected chi connectivity index (χ2v) is 6.30. The molecule has 1 N–H and O–H groups in total. The van der Waals surface area contributed by atoms with Gasteiger partial charge in [0.2, 0.25) is 0 Å². The number of nitrogens with one attached hydrogen (secondary N) is 1. The van der Waals surface area contributed by atoms with Crippen LogP contribution in [-0.2, 0) is 0 Å². The van der Waals surface area contributed by atoms with Gasteiger partial charge in [0.15, 0.2) is 0 Å². The average molecular weight is 363 g/mol. The highest BCUT2D eigenvalue weighted by Crippen LogP contribution is 2.23. The van der Waals surface area contributed by atoms with Crippen LogP contribution in [0.1, 0.15) is 16.1 Å². The molecule has 0 radical (unpaired) electrons. The van der Waals surface area contributed by atoms with Crippen LogP contribution < -0.4 is 5.32 Å². The van der Waals surface area contributed by atoms with Gasteiger partial charge in [0, 0.05) is 16.6 Å². The van der Waals surface area contributed by atoms with Gasteiger partial charge in [-0.25, -0.2) is 4.68 Å². The summed E-state index contributed by atoms with van der Waals surface area (Å²) in [7, 11) is 0. The topological polar surface area (TPSA) is 59.8 Å². The van der Waals surface area contributed by atoms with Gasteiger partial charge in [-0.2, -0.15) is 5.10 Å². The summed E-state index contributed by atoms with van der Waals surface area (Å²) >= 11 is 5.93. The molecule has 6 heteroatoms. The SMILES string of the molecule is Cc1c(C(=O)Nc2cccc3ncccc23)cnn1-c1ccc(Cl)cc1. The third-order valence-electron chi connectivity index (χ3n) is 4.22. The number of rotatable bonds is 3. The quantitative estimate of drug-likeness (QED) is 0.577. The molecule has 0 aliphatic rings. The number of hydrogen-bond donors (Lipinski definition) is 1. The molecule has 1 amide bonds. The fraction of sp³-hybridized carbons (Fsp3) is 0.0500. The number of carbonyl (C=O) groups excluding carboxylic acids is 1. The summed E-state index contributed by atoms with van der Waals surface area (Å²) in [5.41, 5.74) is 3.67. The van der Waals surface area contributed by atoms with Crippen molar-refractivity contribution in [2.24, 2.45) is 0 Å². The Labute approximate surface area is 155 Å². The lowest BCUT2D eigenvalue weighted by molar-refractivity contribution is 0.102. The Hall–Kier alpha value is -3.18. The molecule has 128 valence electrons. The molecule has 0 aliphatic heterocycles. The minimum Gasteiger partial charge on any atom is -0.321 e. The van der Waals surface area contributed by atoms with E-state index in [1.165, 1.54) is 0 Å². The highest BCUT2D eigenvalue weighted by molar-refractivity contribution is 6.30. The maximum atomic E-state index is 12.8. The van der Waals surface area contributed by atoms with Gasteiger partial charge in [-0.15, -0.1) is 0 Å². The summed E-state index contributed by atoms with van der Waals surface area (Å²) in [6.45, 7) is 1.86. The van der Waals surface area contributed by atoms with Gasteiger partial charge in [0.1, 0.15) is 0 Å². The minimum absolute atomic E-state index is 0.209. The highest BCUT2D eigenvalue weighted by Gasteiger charge is 2.16. The van der Waals surface area contributed by atoms with Crippen molar-refractivity contribution in [1.29, 1.82) is 0 Å². The van der Waals surface area contributed by atoms with E-state index in [0.717, 1.165) is 28.0 Å². The van der Waals surface area contributed by atoms with Crippen LogP contribution in [0.2, 0.25) is 5.02 Å². The van der Waals surface area contributed by atoms with Crippen molar-refractivity contribution in [3.63, 3.8) is 0 Å². The second-order valence-electron chi connectivity index (χ2n) is 5.86. The van der Waals surface area contributed by atoms with E-state index in [-0.39, 0.29) is 5.91 Å². The summed E-state index contributed by atoms with van der Waals surface area (Å²) < 4.78 is 1.72. The number of aromatic nitrogens is 3. The first-order chi connectivity index (χ1) is 12.6. The Kier molecular flexibility index (Phi) is 4.14. The first-order valence-electron chi connectivity index (χ1n) is 8.09. The van der Waals surface area contributed by atoms with Crippen LogP contribution in [0.15, 0.2) is 67.0 Å². The first kappa shape index (κ1) is 16.3. The molecular formula is C20H15ClN4O. The normalized spacial score (nSPS) is 10.8. The number of hydrogen-bond acceptors (Lipinski definition) is 3. The lowest BCUT2D eigenvalue weighted by atomic mass is 10.1. The summed E-state index contributed by atoms with van der Waals surface area (Å²) in [5, 5.41) is 8.85. The van der Waals surface area contributed by atoms with Crippen LogP contribution in [0.3, 0.4) is 0 Å². The third kappa shape index (κ3) is 2.93. The van der Waals surface area contributed by atoms with Gasteiger partial charge in [-0.05, 0) is 55.5 Å². The average Bonchev–Trinajstić information content (AvgIpc) is 3.04. The van der Waals surface area contributed by atoms with Gasteiger partial charge in [-0.3, -0.25) is 9.78 Å². The van der Waals surface area contributed by atoms with Crippen molar-refractivity contribution >= 4 is 34.1 Å². The fourth-order valence-electron chi connectivity index (χ4n) is 2.88. The number of anilines is 1. The molecule has 0 saturated carbocycles. The zero-order valence-corrected chi connectivity index (χ0v) is 14.7. The lowest BCUT2D eigenvalue weighted by Crippen LogP contribution is -2.13. The Morgan fingerprint density at radius 3 is 2.69 bits per heavy atom. The van der Waals surface area contributed by atoms with Gasteiger partial charge >= 0.3 is 0 Å². The van der Waals surface area contributed by atoms with Gasteiger partial charge in [0.05, 0.1) is 34.3 Å². The van der Waals surface area contributed by atoms with Crippen LogP contribution in [0, 0.1) is 6.92 Å². The molecule has 0 fully saturated rings. The van der Waals surface area contributed by atoms with E-state index in [9.17, 15) is 4.79 Å². The zero-order valence-electron chi connectivity index (χ0n) is 14.0. The summed E-state index contributed by atoms with van der Waals surface area (Å²) in [4.78, 5) is 17.1. The van der Waals surface area contributed by atoms with Crippen molar-refractivity contribution in [3.8, 4) is 5.69 Å². The van der Waals surface area contributed by atoms with Gasteiger partial charge < -0.3 is 5.32 Å². The van der Waals surface area contributed by atoms with Crippen molar-refractivity contribution in [1.82, 2.24) is 14.8 Å². The number of pyridine rings is 1. The molecule has 2 aromatic carbocycles. The van der Waals surface area contributed by atoms with E-state index in [0.29, 0.717) is 10.6 Å². The Bertz CT molecular complexity index is 1100. The molecule has 26 heavy (non-hydrogen) atoms. The predicted molar refractivity (Wildman–Crippen MR) is 103 cm³/mol. The van der Waals surface area contributed by atoms with Crippen LogP contribution in [-0.4, -0.2) is 20.7 Å². The molecule has 0 saturated heterocycles. The van der Waals surface area contributed by atoms with E-state index in [4.69, 9.17) is 11.6 Å². The molecule has 0 unspecified atom stereocenters. The third-order valence-corrected chi connectivity index (χ3v) is 4.47. The fourth-order valence-corrected chi connectivity index (χ4v) is 3.00. The minimum atomic E-state index is -0.209. The molecule has 5 nitrogen and oxygen atoms in total. The molecule has 2 heterocycles. The molecule has 4 aromatic rings. The molecule has 0 aliphatic carbocycles. The van der Waals surface area contributed by atoms with Crippen molar-refractivity contribution in [2.45, 2.75) is 6.92 Å². The maximum Gasteiger partial charge on any atom is 0.259 e. The van der Waals surface area contributed by atoms with E-state index in [1.54, 1.807) is 29.2 Å². The maximum absolute atomic E-state index is 12.8. The largest absolute Gasteiger partial charge is 0.321 e.